The zero-order valence-corrected chi connectivity index (χ0v) is 16.7. The Bertz CT molecular complexity index is 912. The highest BCUT2D eigenvalue weighted by Gasteiger charge is 2.51. The number of methoxy groups -OCH3 is 4. The van der Waals surface area contributed by atoms with Gasteiger partial charge in [0.2, 0.25) is 5.75 Å². The first-order valence-electron chi connectivity index (χ1n) is 8.79. The molecule has 1 aliphatic heterocycles. The predicted molar refractivity (Wildman–Crippen MR) is 102 cm³/mol. The first-order valence-corrected chi connectivity index (χ1v) is 8.79. The Morgan fingerprint density at radius 2 is 1.53 bits per heavy atom. The van der Waals surface area contributed by atoms with Crippen LogP contribution in [0.2, 0.25) is 0 Å². The summed E-state index contributed by atoms with van der Waals surface area (Å²) in [5.74, 6) is 0.217. The number of phenolic OH excluding ortho intramolecular Hbond substituents is 1. The minimum atomic E-state index is -3.14. The van der Waals surface area contributed by atoms with Gasteiger partial charge in [0.15, 0.2) is 29.1 Å². The molecule has 1 amide bonds. The molecule has 2 aromatic carbocycles. The van der Waals surface area contributed by atoms with Crippen molar-refractivity contribution < 1.29 is 42.4 Å². The van der Waals surface area contributed by atoms with Crippen LogP contribution >= 0.6 is 0 Å². The average Bonchev–Trinajstić information content (AvgIpc) is 2.74. The molecule has 162 valence electrons. The lowest BCUT2D eigenvalue weighted by atomic mass is 9.89. The lowest BCUT2D eigenvalue weighted by Gasteiger charge is -2.46. The van der Waals surface area contributed by atoms with E-state index in [4.69, 9.17) is 18.9 Å². The van der Waals surface area contributed by atoms with E-state index in [9.17, 15) is 18.7 Å². The van der Waals surface area contributed by atoms with Crippen LogP contribution in [0.25, 0.3) is 0 Å². The van der Waals surface area contributed by atoms with Crippen molar-refractivity contribution in [2.45, 2.75) is 18.8 Å². The summed E-state index contributed by atoms with van der Waals surface area (Å²) >= 11 is 0. The number of β-lactam (4-membered cyclic amide) rings is 1. The van der Waals surface area contributed by atoms with Crippen molar-refractivity contribution in [3.8, 4) is 28.7 Å². The zero-order chi connectivity index (χ0) is 22.0. The number of nitrogens with zero attached hydrogens (tertiary/aromatic N) is 1. The van der Waals surface area contributed by atoms with Crippen molar-refractivity contribution in [2.75, 3.05) is 33.3 Å². The van der Waals surface area contributed by atoms with Gasteiger partial charge in [-0.05, 0) is 17.7 Å². The number of halogens is 2. The Balaban J connectivity index is 2.08. The van der Waals surface area contributed by atoms with E-state index in [0.717, 1.165) is 0 Å². The van der Waals surface area contributed by atoms with Crippen molar-refractivity contribution in [1.82, 2.24) is 0 Å². The fraction of sp³-hybridized carbons (Fsp3) is 0.350. The molecule has 10 heteroatoms. The van der Waals surface area contributed by atoms with Crippen LogP contribution in [0, 0.1) is 0 Å². The molecule has 0 unspecified atom stereocenters. The van der Waals surface area contributed by atoms with Crippen LogP contribution < -0.4 is 23.8 Å². The van der Waals surface area contributed by atoms with Crippen LogP contribution in [0.5, 0.6) is 28.7 Å². The smallest absolute Gasteiger partial charge is 0.346 e. The Kier molecular flexibility index (Phi) is 6.16. The number of anilines is 1. The molecule has 0 saturated carbocycles. The highest BCUT2D eigenvalue weighted by molar-refractivity contribution is 6.05. The number of hydrogen-bond acceptors (Lipinski definition) is 7. The highest BCUT2D eigenvalue weighted by atomic mass is 19.3. The number of phenols is 1. The van der Waals surface area contributed by atoms with E-state index < -0.39 is 24.7 Å². The second kappa shape index (κ2) is 8.62. The van der Waals surface area contributed by atoms with Gasteiger partial charge in [-0.3, -0.25) is 9.69 Å². The molecule has 1 fully saturated rings. The minimum Gasteiger partial charge on any atom is -0.504 e. The summed E-state index contributed by atoms with van der Waals surface area (Å²) in [6, 6.07) is 6.49. The second-order valence-corrected chi connectivity index (χ2v) is 6.29. The number of ether oxygens (including phenoxy) is 5. The molecule has 0 aliphatic carbocycles. The molecular formula is C20H21F2NO7. The molecule has 1 N–H and O–H groups in total. The monoisotopic (exact) mass is 425 g/mol. The lowest BCUT2D eigenvalue weighted by Crippen LogP contribution is -2.60. The standard InChI is InChI=1S/C20H21F2NO7/c1-26-13-6-5-10(7-12(13)24)16-18(30-20(21)22)19(25)23(16)11-8-14(27-2)17(29-4)15(9-11)28-3/h5-9,16,18,20,24H,1-4H3/t16-,18-/m1/s1. The van der Waals surface area contributed by atoms with Gasteiger partial charge in [0.25, 0.3) is 5.91 Å². The van der Waals surface area contributed by atoms with Crippen molar-refractivity contribution in [3.63, 3.8) is 0 Å². The quantitative estimate of drug-likeness (QED) is 0.651. The maximum atomic E-state index is 12.9. The van der Waals surface area contributed by atoms with E-state index in [-0.39, 0.29) is 23.0 Å². The largest absolute Gasteiger partial charge is 0.504 e. The van der Waals surface area contributed by atoms with Crippen LogP contribution in [-0.4, -0.2) is 52.2 Å². The van der Waals surface area contributed by atoms with Crippen molar-refractivity contribution in [2.24, 2.45) is 0 Å². The SMILES string of the molecule is COc1ccc([C@@H]2[C@@H](OC(F)F)C(=O)N2c2cc(OC)c(OC)c(OC)c2)cc1O. The topological polar surface area (TPSA) is 86.7 Å². The van der Waals surface area contributed by atoms with Gasteiger partial charge >= 0.3 is 6.61 Å². The summed E-state index contributed by atoms with van der Waals surface area (Å²) in [5.41, 5.74) is 0.705. The van der Waals surface area contributed by atoms with Gasteiger partial charge in [-0.25, -0.2) is 0 Å². The predicted octanol–water partition coefficient (Wildman–Crippen LogP) is 3.12. The zero-order valence-electron chi connectivity index (χ0n) is 16.7. The van der Waals surface area contributed by atoms with Crippen LogP contribution in [0.3, 0.4) is 0 Å². The Morgan fingerprint density at radius 1 is 0.933 bits per heavy atom. The number of benzene rings is 2. The highest BCUT2D eigenvalue weighted by Crippen LogP contribution is 2.48. The van der Waals surface area contributed by atoms with Gasteiger partial charge in [0, 0.05) is 12.1 Å². The van der Waals surface area contributed by atoms with E-state index >= 15 is 0 Å². The van der Waals surface area contributed by atoms with Gasteiger partial charge in [0.05, 0.1) is 40.2 Å². The molecule has 3 rings (SSSR count). The molecule has 1 saturated heterocycles. The number of carbonyl (C=O) groups is 1. The Hall–Kier alpha value is -3.27. The number of carbonyl (C=O) groups excluding carboxylic acids is 1. The summed E-state index contributed by atoms with van der Waals surface area (Å²) in [5, 5.41) is 10.1. The first-order chi connectivity index (χ1) is 14.4. The molecular weight excluding hydrogens is 404 g/mol. The Morgan fingerprint density at radius 3 is 2.00 bits per heavy atom. The number of rotatable bonds is 8. The van der Waals surface area contributed by atoms with Gasteiger partial charge in [-0.2, -0.15) is 8.78 Å². The molecule has 2 atom stereocenters. The fourth-order valence-corrected chi connectivity index (χ4v) is 3.41. The van der Waals surface area contributed by atoms with Crippen molar-refractivity contribution in [3.05, 3.63) is 35.9 Å². The first kappa shape index (κ1) is 21.4. The average molecular weight is 425 g/mol. The van der Waals surface area contributed by atoms with E-state index in [1.807, 2.05) is 0 Å². The molecule has 30 heavy (non-hydrogen) atoms. The lowest BCUT2D eigenvalue weighted by molar-refractivity contribution is -0.191. The summed E-state index contributed by atoms with van der Waals surface area (Å²) < 4.78 is 51.3. The molecule has 8 nitrogen and oxygen atoms in total. The minimum absolute atomic E-state index is 0.199. The molecule has 1 aliphatic rings. The number of aromatic hydroxyl groups is 1. The third-order valence-corrected chi connectivity index (χ3v) is 4.77. The van der Waals surface area contributed by atoms with Gasteiger partial charge < -0.3 is 28.8 Å². The van der Waals surface area contributed by atoms with Crippen LogP contribution in [0.15, 0.2) is 30.3 Å². The van der Waals surface area contributed by atoms with E-state index in [0.29, 0.717) is 17.0 Å². The summed E-state index contributed by atoms with van der Waals surface area (Å²) in [7, 11) is 5.65. The number of alkyl halides is 2. The summed E-state index contributed by atoms with van der Waals surface area (Å²) in [6.45, 7) is -3.14. The third-order valence-electron chi connectivity index (χ3n) is 4.77. The number of hydrogen-bond donors (Lipinski definition) is 1. The molecule has 0 aromatic heterocycles. The third kappa shape index (κ3) is 3.65. The molecule has 0 radical (unpaired) electrons. The van der Waals surface area contributed by atoms with Gasteiger partial charge in [0.1, 0.15) is 0 Å². The number of amides is 1. The van der Waals surface area contributed by atoms with E-state index in [2.05, 4.69) is 4.74 Å². The maximum absolute atomic E-state index is 12.9. The fourth-order valence-electron chi connectivity index (χ4n) is 3.41. The molecule has 1 heterocycles. The van der Waals surface area contributed by atoms with Gasteiger partial charge in [-0.15, -0.1) is 0 Å². The van der Waals surface area contributed by atoms with Gasteiger partial charge in [-0.1, -0.05) is 6.07 Å². The Labute approximate surface area is 171 Å². The second-order valence-electron chi connectivity index (χ2n) is 6.29. The van der Waals surface area contributed by atoms with Crippen LogP contribution in [-0.2, 0) is 9.53 Å². The van der Waals surface area contributed by atoms with E-state index in [1.165, 1.54) is 57.6 Å². The normalized spacial score (nSPS) is 18.2. The van der Waals surface area contributed by atoms with Crippen LogP contribution in [0.1, 0.15) is 11.6 Å². The molecule has 0 bridgehead atoms. The van der Waals surface area contributed by atoms with Crippen LogP contribution in [0.4, 0.5) is 14.5 Å². The molecule has 2 aromatic rings. The van der Waals surface area contributed by atoms with Crippen molar-refractivity contribution in [1.29, 1.82) is 0 Å². The summed E-state index contributed by atoms with van der Waals surface area (Å²) in [4.78, 5) is 14.0. The van der Waals surface area contributed by atoms with Crippen molar-refractivity contribution >= 4 is 11.6 Å². The summed E-state index contributed by atoms with van der Waals surface area (Å²) in [6.07, 6.45) is -1.43. The maximum Gasteiger partial charge on any atom is 0.346 e. The molecule has 0 spiro atoms. The van der Waals surface area contributed by atoms with E-state index in [1.54, 1.807) is 6.07 Å².